The predicted molar refractivity (Wildman–Crippen MR) is 244 cm³/mol. The highest BCUT2D eigenvalue weighted by Gasteiger charge is 2.60. The van der Waals surface area contributed by atoms with Crippen molar-refractivity contribution < 1.29 is 61.2 Å². The van der Waals surface area contributed by atoms with E-state index in [-0.39, 0.29) is 59.3 Å². The van der Waals surface area contributed by atoms with E-state index in [1.54, 1.807) is 47.6 Å². The first kappa shape index (κ1) is 48.9. The number of halogens is 2. The number of aliphatic imine (C=N–C) groups is 1. The summed E-state index contributed by atoms with van der Waals surface area (Å²) in [5, 5.41) is 0. The molecular formula is C51H54F2N4O11. The number of ether oxygens (including phenoxy) is 5. The molecular weight excluding hydrogens is 883 g/mol. The van der Waals surface area contributed by atoms with E-state index in [1.165, 1.54) is 31.0 Å². The van der Waals surface area contributed by atoms with Gasteiger partial charge in [0.05, 0.1) is 17.1 Å². The minimum absolute atomic E-state index is 0.0295. The van der Waals surface area contributed by atoms with Crippen LogP contribution in [0.2, 0.25) is 0 Å². The molecule has 4 amide bonds. The molecule has 2 N–H and O–H groups in total. The molecule has 2 aliphatic carbocycles. The Balaban J connectivity index is 0.000000195. The van der Waals surface area contributed by atoms with Crippen LogP contribution in [0.5, 0.6) is 0 Å². The van der Waals surface area contributed by atoms with Crippen LogP contribution in [0.4, 0.5) is 29.7 Å². The van der Waals surface area contributed by atoms with Gasteiger partial charge in [-0.05, 0) is 90.5 Å². The monoisotopic (exact) mass is 936 g/mol. The average Bonchev–Trinajstić information content (AvgIpc) is 4.13. The number of benzene rings is 4. The Bertz CT molecular complexity index is 2610. The largest absolute Gasteiger partial charge is 0.459 e. The molecule has 4 aromatic rings. The lowest BCUT2D eigenvalue weighted by Gasteiger charge is -2.22. The van der Waals surface area contributed by atoms with Gasteiger partial charge in [-0.1, -0.05) is 72.8 Å². The van der Waals surface area contributed by atoms with E-state index in [4.69, 9.17) is 34.4 Å². The van der Waals surface area contributed by atoms with Crippen LogP contribution in [0.3, 0.4) is 0 Å². The summed E-state index contributed by atoms with van der Waals surface area (Å²) in [4.78, 5) is 81.4. The molecule has 68 heavy (non-hydrogen) atoms. The molecule has 4 aromatic carbocycles. The molecule has 358 valence electrons. The number of nitrogens with two attached hydrogens (primary N) is 1. The maximum atomic E-state index is 15.9. The smallest absolute Gasteiger partial charge is 0.418 e. The van der Waals surface area contributed by atoms with Crippen LogP contribution in [-0.4, -0.2) is 89.0 Å². The van der Waals surface area contributed by atoms with Gasteiger partial charge in [0.1, 0.15) is 30.1 Å². The number of fused-ring (bicyclic) bond motifs is 4. The lowest BCUT2D eigenvalue weighted by atomic mass is 9.94. The molecule has 9 rings (SSSR count). The number of anilines is 1. The molecule has 5 aliphatic rings. The van der Waals surface area contributed by atoms with Crippen molar-refractivity contribution in [2.24, 2.45) is 4.99 Å². The fraction of sp³-hybridized carbons (Fsp3) is 0.392. The molecule has 0 radical (unpaired) electrons. The predicted octanol–water partition coefficient (Wildman–Crippen LogP) is 8.12. The van der Waals surface area contributed by atoms with Crippen molar-refractivity contribution in [2.75, 3.05) is 32.0 Å². The highest BCUT2D eigenvalue weighted by Crippen LogP contribution is 2.48. The first-order valence-electron chi connectivity index (χ1n) is 22.3. The molecule has 3 heterocycles. The number of carbonyl (C=O) groups is 6. The number of imide groups is 2. The molecule has 2 spiro atoms. The van der Waals surface area contributed by atoms with Crippen molar-refractivity contribution in [3.8, 4) is 0 Å². The fourth-order valence-electron chi connectivity index (χ4n) is 8.60. The second kappa shape index (κ2) is 19.3. The van der Waals surface area contributed by atoms with Gasteiger partial charge in [0.25, 0.3) is 11.8 Å². The highest BCUT2D eigenvalue weighted by atomic mass is 19.1. The molecule has 15 nitrogen and oxygen atoms in total. The van der Waals surface area contributed by atoms with Crippen LogP contribution < -0.4 is 5.73 Å². The van der Waals surface area contributed by atoms with Gasteiger partial charge >= 0.3 is 24.1 Å². The number of nitrogens with zero attached hydrogens (tertiary/aromatic N) is 3. The summed E-state index contributed by atoms with van der Waals surface area (Å²) in [5.41, 5.74) is 4.20. The van der Waals surface area contributed by atoms with Gasteiger partial charge in [0.2, 0.25) is 11.2 Å². The van der Waals surface area contributed by atoms with E-state index >= 15 is 4.39 Å². The van der Waals surface area contributed by atoms with Crippen LogP contribution in [0.1, 0.15) is 101 Å². The summed E-state index contributed by atoms with van der Waals surface area (Å²) in [6.07, 6.45) is 1.23. The van der Waals surface area contributed by atoms with Crippen LogP contribution in [-0.2, 0) is 66.9 Å². The van der Waals surface area contributed by atoms with Crippen LogP contribution >= 0.6 is 0 Å². The number of amides is 4. The Kier molecular flexibility index (Phi) is 13.9. The van der Waals surface area contributed by atoms with Crippen LogP contribution in [0, 0.1) is 11.6 Å². The number of hydrogen-bond donors (Lipinski definition) is 1. The van der Waals surface area contributed by atoms with Crippen molar-refractivity contribution in [1.29, 1.82) is 0 Å². The third-order valence-electron chi connectivity index (χ3n) is 11.5. The van der Waals surface area contributed by atoms with Crippen molar-refractivity contribution in [1.82, 2.24) is 9.80 Å². The molecule has 0 saturated carbocycles. The molecule has 0 aromatic heterocycles. The van der Waals surface area contributed by atoms with Gasteiger partial charge in [-0.3, -0.25) is 19.2 Å². The number of carbonyl (C=O) groups excluding carboxylic acids is 6. The van der Waals surface area contributed by atoms with E-state index < -0.39 is 83.1 Å². The average molecular weight is 937 g/mol. The molecule has 3 fully saturated rings. The van der Waals surface area contributed by atoms with Gasteiger partial charge in [-0.25, -0.2) is 33.2 Å². The quantitative estimate of drug-likeness (QED) is 0.0811. The Labute approximate surface area is 392 Å². The SMILES string of the molecule is C1CCOC1.CC(C)(C)OC(=O)CN1C(=O)OC2(CCc3c2ccc(N)c3F)C1=O.CC(C)(C)OC(=O)CN1C(=O)OC2(CCc3c2ccc(N=C(c2ccccc2)c2ccccc2)c3F)C1=O. The fourth-order valence-corrected chi connectivity index (χ4v) is 8.60. The van der Waals surface area contributed by atoms with Gasteiger partial charge in [0.15, 0.2) is 5.82 Å². The number of esters is 2. The van der Waals surface area contributed by atoms with Crippen LogP contribution in [0.15, 0.2) is 89.9 Å². The highest BCUT2D eigenvalue weighted by molar-refractivity contribution is 6.14. The van der Waals surface area contributed by atoms with Crippen molar-refractivity contribution >= 4 is 53.0 Å². The molecule has 2 atom stereocenters. The standard InChI is InChI=1S/C30H27FN2O5.C17H19FN2O5.C4H8O/c1-29(2,3)37-24(34)18-33-27(35)30(38-28(33)36)17-16-21-22(30)14-15-23(25(21)31)32-26(19-10-6-4-7-11-19)20-12-8-5-9-13-20;1-16(2,3)24-12(21)8-20-14(22)17(25-15(20)23)7-6-9-10(17)4-5-11(19)13(9)18;1-2-4-5-3-1/h4-15H,16-18H2,1-3H3;4-5H,6-8,19H2,1-3H3;1-4H2. The minimum Gasteiger partial charge on any atom is -0.459 e. The van der Waals surface area contributed by atoms with Gasteiger partial charge in [-0.2, -0.15) is 0 Å². The van der Waals surface area contributed by atoms with Gasteiger partial charge < -0.3 is 29.4 Å². The summed E-state index contributed by atoms with van der Waals surface area (Å²) < 4.78 is 56.2. The maximum Gasteiger partial charge on any atom is 0.418 e. The summed E-state index contributed by atoms with van der Waals surface area (Å²) in [6, 6.07) is 24.9. The third kappa shape index (κ3) is 10.1. The van der Waals surface area contributed by atoms with Crippen molar-refractivity contribution in [2.45, 2.75) is 102 Å². The molecule has 3 saturated heterocycles. The third-order valence-corrected chi connectivity index (χ3v) is 11.5. The Morgan fingerprint density at radius 3 is 1.49 bits per heavy atom. The normalized spacial score (nSPS) is 20.2. The van der Waals surface area contributed by atoms with E-state index in [1.807, 2.05) is 60.7 Å². The first-order valence-corrected chi connectivity index (χ1v) is 22.3. The van der Waals surface area contributed by atoms with E-state index in [0.29, 0.717) is 10.6 Å². The number of nitrogen functional groups attached to an aromatic ring is 1. The second-order valence-corrected chi connectivity index (χ2v) is 18.8. The number of hydrogen-bond acceptors (Lipinski definition) is 13. The zero-order valence-electron chi connectivity index (χ0n) is 38.8. The Morgan fingerprint density at radius 2 is 1.07 bits per heavy atom. The van der Waals surface area contributed by atoms with E-state index in [9.17, 15) is 33.2 Å². The van der Waals surface area contributed by atoms with E-state index in [2.05, 4.69) is 0 Å². The zero-order valence-corrected chi connectivity index (χ0v) is 38.8. The van der Waals surface area contributed by atoms with Crippen LogP contribution in [0.25, 0.3) is 0 Å². The molecule has 2 unspecified atom stereocenters. The topological polar surface area (TPSA) is 193 Å². The van der Waals surface area contributed by atoms with Gasteiger partial charge in [0, 0.05) is 48.3 Å². The van der Waals surface area contributed by atoms with Crippen molar-refractivity contribution in [3.63, 3.8) is 0 Å². The number of rotatable bonds is 7. The van der Waals surface area contributed by atoms with Crippen molar-refractivity contribution in [3.05, 3.63) is 130 Å². The minimum atomic E-state index is -1.67. The molecule has 17 heteroatoms. The Morgan fingerprint density at radius 1 is 0.647 bits per heavy atom. The van der Waals surface area contributed by atoms with Gasteiger partial charge in [-0.15, -0.1) is 0 Å². The summed E-state index contributed by atoms with van der Waals surface area (Å²) in [7, 11) is 0. The lowest BCUT2D eigenvalue weighted by molar-refractivity contribution is -0.158. The second-order valence-electron chi connectivity index (χ2n) is 18.8. The maximum absolute atomic E-state index is 15.9. The summed E-state index contributed by atoms with van der Waals surface area (Å²) in [6.45, 7) is 11.0. The zero-order chi connectivity index (χ0) is 49.2. The molecule has 0 bridgehead atoms. The lowest BCUT2D eigenvalue weighted by Crippen LogP contribution is -2.41. The van der Waals surface area contributed by atoms with E-state index in [0.717, 1.165) is 29.2 Å². The Hall–Kier alpha value is -7.01. The first-order chi connectivity index (χ1) is 32.1. The summed E-state index contributed by atoms with van der Waals surface area (Å²) in [5.74, 6) is -4.02. The summed E-state index contributed by atoms with van der Waals surface area (Å²) >= 11 is 0. The molecule has 3 aliphatic heterocycles.